The van der Waals surface area contributed by atoms with Gasteiger partial charge in [-0.05, 0) is 48.9 Å². The SMILES string of the molecule is CCOC(=O)C1=C(C)N=c2s/c(=C\c3ccc(-c4ccccc4[N+](=O)O)o3)c(=O)n2C1c1c(OC)ccc2ccccc12. The maximum Gasteiger partial charge on any atom is 0.338 e. The first-order chi connectivity index (χ1) is 20.8. The van der Waals surface area contributed by atoms with Crippen LogP contribution in [0.2, 0.25) is 0 Å². The van der Waals surface area contributed by atoms with Crippen LogP contribution >= 0.6 is 11.3 Å². The minimum Gasteiger partial charge on any atom is -0.496 e. The predicted molar refractivity (Wildman–Crippen MR) is 160 cm³/mol. The van der Waals surface area contributed by atoms with E-state index < -0.39 is 12.0 Å². The lowest BCUT2D eigenvalue weighted by Crippen LogP contribution is -2.40. The second-order valence-corrected chi connectivity index (χ2v) is 10.7. The molecule has 1 aliphatic heterocycles. The third kappa shape index (κ3) is 4.83. The lowest BCUT2D eigenvalue weighted by Gasteiger charge is -2.27. The van der Waals surface area contributed by atoms with Gasteiger partial charge in [-0.2, -0.15) is 0 Å². The van der Waals surface area contributed by atoms with E-state index in [1.165, 1.54) is 10.6 Å². The number of aromatic nitrogens is 1. The normalized spacial score (nSPS) is 14.9. The monoisotopic (exact) mass is 596 g/mol. The number of carbonyl (C=O) groups is 1. The smallest absolute Gasteiger partial charge is 0.338 e. The highest BCUT2D eigenvalue weighted by molar-refractivity contribution is 7.07. The number of esters is 1. The van der Waals surface area contributed by atoms with Crippen LogP contribution in [0.3, 0.4) is 0 Å². The minimum atomic E-state index is -0.870. The van der Waals surface area contributed by atoms with Gasteiger partial charge in [-0.1, -0.05) is 53.8 Å². The molecular formula is C32H26N3O7S+. The molecule has 0 amide bonds. The number of benzene rings is 3. The quantitative estimate of drug-likeness (QED) is 0.207. The zero-order valence-electron chi connectivity index (χ0n) is 23.4. The van der Waals surface area contributed by atoms with Crippen LogP contribution in [0.5, 0.6) is 5.75 Å². The summed E-state index contributed by atoms with van der Waals surface area (Å²) in [5.74, 6) is 0.637. The summed E-state index contributed by atoms with van der Waals surface area (Å²) in [5.41, 5.74) is 1.37. The number of carbonyl (C=O) groups excluding carboxylic acids is 1. The number of ether oxygens (including phenoxy) is 2. The highest BCUT2D eigenvalue weighted by Crippen LogP contribution is 2.40. The zero-order valence-corrected chi connectivity index (χ0v) is 24.3. The van der Waals surface area contributed by atoms with Crippen molar-refractivity contribution in [1.29, 1.82) is 0 Å². The van der Waals surface area contributed by atoms with E-state index in [0.717, 1.165) is 22.1 Å². The first kappa shape index (κ1) is 27.9. The summed E-state index contributed by atoms with van der Waals surface area (Å²) in [6.45, 7) is 3.61. The number of nitrogens with zero attached hydrogens (tertiary/aromatic N) is 3. The van der Waals surface area contributed by atoms with Gasteiger partial charge >= 0.3 is 11.7 Å². The molecule has 10 nitrogen and oxygen atoms in total. The Hall–Kier alpha value is -5.29. The van der Waals surface area contributed by atoms with E-state index in [1.807, 2.05) is 36.4 Å². The first-order valence-electron chi connectivity index (χ1n) is 13.4. The highest BCUT2D eigenvalue weighted by atomic mass is 32.1. The molecule has 216 valence electrons. The van der Waals surface area contributed by atoms with Gasteiger partial charge in [0.2, 0.25) is 0 Å². The van der Waals surface area contributed by atoms with Crippen molar-refractivity contribution >= 4 is 39.8 Å². The molecule has 5 aromatic rings. The molecule has 43 heavy (non-hydrogen) atoms. The van der Waals surface area contributed by atoms with Crippen LogP contribution in [0.1, 0.15) is 31.2 Å². The van der Waals surface area contributed by atoms with E-state index in [-0.39, 0.29) is 28.3 Å². The van der Waals surface area contributed by atoms with Crippen molar-refractivity contribution in [3.05, 3.63) is 120 Å². The van der Waals surface area contributed by atoms with E-state index in [4.69, 9.17) is 13.9 Å². The Morgan fingerprint density at radius 1 is 1.12 bits per heavy atom. The average Bonchev–Trinajstić information content (AvgIpc) is 3.59. The van der Waals surface area contributed by atoms with Crippen molar-refractivity contribution in [3.63, 3.8) is 0 Å². The van der Waals surface area contributed by atoms with Crippen molar-refractivity contribution < 1.29 is 28.8 Å². The second-order valence-electron chi connectivity index (χ2n) is 9.70. The summed E-state index contributed by atoms with van der Waals surface area (Å²) < 4.78 is 19.0. The molecule has 1 aliphatic rings. The highest BCUT2D eigenvalue weighted by Gasteiger charge is 2.36. The van der Waals surface area contributed by atoms with Gasteiger partial charge < -0.3 is 13.9 Å². The topological polar surface area (TPSA) is 123 Å². The maximum absolute atomic E-state index is 14.1. The molecule has 6 rings (SSSR count). The lowest BCUT2D eigenvalue weighted by molar-refractivity contribution is -0.729. The number of methoxy groups -OCH3 is 1. The van der Waals surface area contributed by atoms with Crippen LogP contribution in [0, 0.1) is 4.91 Å². The molecule has 0 aliphatic carbocycles. The van der Waals surface area contributed by atoms with Crippen LogP contribution in [-0.2, 0) is 9.53 Å². The fraction of sp³-hybridized carbons (Fsp3) is 0.156. The van der Waals surface area contributed by atoms with Crippen LogP contribution < -0.4 is 19.6 Å². The van der Waals surface area contributed by atoms with Gasteiger partial charge in [0.1, 0.15) is 23.3 Å². The van der Waals surface area contributed by atoms with Crippen molar-refractivity contribution in [2.24, 2.45) is 4.99 Å². The van der Waals surface area contributed by atoms with Crippen LogP contribution in [0.15, 0.2) is 98.3 Å². The van der Waals surface area contributed by atoms with E-state index in [1.54, 1.807) is 57.4 Å². The molecule has 3 heterocycles. The maximum atomic E-state index is 14.1. The summed E-state index contributed by atoms with van der Waals surface area (Å²) >= 11 is 1.16. The molecule has 0 fully saturated rings. The summed E-state index contributed by atoms with van der Waals surface area (Å²) in [6.07, 6.45) is 1.59. The van der Waals surface area contributed by atoms with Gasteiger partial charge in [-0.3, -0.25) is 9.36 Å². The standard InChI is InChI=1S/C32H26N3O7S/c1-4-41-31(37)27-18(2)33-32-34(29(27)28-21-10-6-5-9-19(21)13-15-25(28)40-3)30(36)26(43-32)17-20-14-16-24(42-20)22-11-7-8-12-23(22)35(38)39/h5-17,29H,4H2,1-3H3,(H,38,39)/q+1/b26-17-. The Kier molecular flexibility index (Phi) is 7.24. The third-order valence-electron chi connectivity index (χ3n) is 7.22. The second kappa shape index (κ2) is 11.2. The molecule has 11 heteroatoms. The van der Waals surface area contributed by atoms with Crippen LogP contribution in [-0.4, -0.2) is 34.4 Å². The number of fused-ring (bicyclic) bond motifs is 2. The molecule has 1 unspecified atom stereocenters. The minimum absolute atomic E-state index is 0.0220. The molecule has 0 radical (unpaired) electrons. The fourth-order valence-electron chi connectivity index (χ4n) is 5.35. The largest absolute Gasteiger partial charge is 0.496 e. The number of thiazole rings is 1. The van der Waals surface area contributed by atoms with Gasteiger partial charge in [0.15, 0.2) is 4.80 Å². The molecule has 0 spiro atoms. The van der Waals surface area contributed by atoms with Gasteiger partial charge in [0.25, 0.3) is 10.5 Å². The summed E-state index contributed by atoms with van der Waals surface area (Å²) in [5, 5.41) is 11.2. The van der Waals surface area contributed by atoms with Gasteiger partial charge in [-0.25, -0.2) is 15.0 Å². The number of hydrogen-bond donors (Lipinski definition) is 1. The van der Waals surface area contributed by atoms with Crippen molar-refractivity contribution in [2.45, 2.75) is 19.9 Å². The Morgan fingerprint density at radius 2 is 1.88 bits per heavy atom. The Balaban J connectivity index is 1.56. The van der Waals surface area contributed by atoms with E-state index in [0.29, 0.717) is 43.4 Å². The summed E-state index contributed by atoms with van der Waals surface area (Å²) in [7, 11) is 1.55. The van der Waals surface area contributed by atoms with Gasteiger partial charge in [0.05, 0.1) is 40.0 Å². The van der Waals surface area contributed by atoms with E-state index in [2.05, 4.69) is 4.99 Å². The third-order valence-corrected chi connectivity index (χ3v) is 8.20. The Labute approximate surface area is 248 Å². The summed E-state index contributed by atoms with van der Waals surface area (Å²) in [4.78, 5) is 44.0. The average molecular weight is 597 g/mol. The molecular weight excluding hydrogens is 570 g/mol. The van der Waals surface area contributed by atoms with Crippen molar-refractivity contribution in [1.82, 2.24) is 4.57 Å². The Morgan fingerprint density at radius 3 is 2.65 bits per heavy atom. The molecule has 0 saturated heterocycles. The fourth-order valence-corrected chi connectivity index (χ4v) is 6.38. The molecule has 3 aromatic carbocycles. The first-order valence-corrected chi connectivity index (χ1v) is 14.2. The van der Waals surface area contributed by atoms with Gasteiger partial charge in [-0.15, -0.1) is 0 Å². The summed E-state index contributed by atoms with van der Waals surface area (Å²) in [6, 6.07) is 20.3. The van der Waals surface area contributed by atoms with Crippen LogP contribution in [0.4, 0.5) is 5.69 Å². The van der Waals surface area contributed by atoms with E-state index >= 15 is 0 Å². The number of rotatable bonds is 7. The molecule has 1 N–H and O–H groups in total. The number of para-hydroxylation sites is 1. The molecule has 1 atom stereocenters. The molecule has 0 saturated carbocycles. The number of furan rings is 1. The number of allylic oxidation sites excluding steroid dienone is 1. The Bertz CT molecular complexity index is 2140. The van der Waals surface area contributed by atoms with E-state index in [9.17, 15) is 19.7 Å². The molecule has 0 bridgehead atoms. The van der Waals surface area contributed by atoms with Crippen LogP contribution in [0.25, 0.3) is 28.2 Å². The zero-order chi connectivity index (χ0) is 30.2. The van der Waals surface area contributed by atoms with Crippen molar-refractivity contribution in [3.8, 4) is 17.1 Å². The van der Waals surface area contributed by atoms with Crippen molar-refractivity contribution in [2.75, 3.05) is 13.7 Å². The molecule has 2 aromatic heterocycles. The van der Waals surface area contributed by atoms with Gasteiger partial charge in [0, 0.05) is 17.7 Å². The number of hydrogen-bond acceptors (Lipinski definition) is 8. The predicted octanol–water partition coefficient (Wildman–Crippen LogP) is 5.02. The lowest BCUT2D eigenvalue weighted by atomic mass is 9.90.